The van der Waals surface area contributed by atoms with Crippen LogP contribution in [0.4, 0.5) is 16.2 Å². The molecule has 0 bridgehead atoms. The maximum absolute atomic E-state index is 12.0. The summed E-state index contributed by atoms with van der Waals surface area (Å²) >= 11 is 6.39. The van der Waals surface area contributed by atoms with Gasteiger partial charge in [-0.05, 0) is 57.0 Å². The zero-order valence-electron chi connectivity index (χ0n) is 24.8. The molecule has 5 rings (SSSR count). The van der Waals surface area contributed by atoms with Gasteiger partial charge < -0.3 is 28.8 Å². The number of ether oxygens (including phenoxy) is 3. The normalized spacial score (nSPS) is 14.6. The van der Waals surface area contributed by atoms with Gasteiger partial charge in [0.1, 0.15) is 22.7 Å². The van der Waals surface area contributed by atoms with Gasteiger partial charge >= 0.3 is 6.09 Å². The molecule has 43 heavy (non-hydrogen) atoms. The van der Waals surface area contributed by atoms with Crippen LogP contribution in [0.1, 0.15) is 32.8 Å². The molecule has 1 aliphatic heterocycles. The summed E-state index contributed by atoms with van der Waals surface area (Å²) in [6, 6.07) is 16.0. The number of nitrogens with one attached hydrogen (secondary N) is 2. The lowest BCUT2D eigenvalue weighted by atomic mass is 10.1. The minimum Gasteiger partial charge on any atom is -0.496 e. The van der Waals surface area contributed by atoms with Gasteiger partial charge in [0, 0.05) is 67.1 Å². The van der Waals surface area contributed by atoms with Crippen LogP contribution in [0.3, 0.4) is 0 Å². The minimum atomic E-state index is -0.531. The predicted octanol–water partition coefficient (Wildman–Crippen LogP) is 7.23. The van der Waals surface area contributed by atoms with Crippen molar-refractivity contribution in [2.45, 2.75) is 45.4 Å². The summed E-state index contributed by atoms with van der Waals surface area (Å²) in [7, 11) is 3.20. The minimum absolute atomic E-state index is 0. The Morgan fingerprint density at radius 1 is 1.05 bits per heavy atom. The second kappa shape index (κ2) is 14.4. The summed E-state index contributed by atoms with van der Waals surface area (Å²) in [6.07, 6.45) is 4.60. The number of halogens is 3. The van der Waals surface area contributed by atoms with E-state index in [2.05, 4.69) is 27.7 Å². The Morgan fingerprint density at radius 3 is 2.44 bits per heavy atom. The maximum atomic E-state index is 12.0. The van der Waals surface area contributed by atoms with Crippen molar-refractivity contribution >= 4 is 59.5 Å². The average molecular weight is 651 g/mol. The molecule has 0 unspecified atom stereocenters. The van der Waals surface area contributed by atoms with Crippen molar-refractivity contribution in [1.29, 1.82) is 0 Å². The van der Waals surface area contributed by atoms with Crippen molar-refractivity contribution in [3.63, 3.8) is 0 Å². The number of imidazole rings is 1. The smallest absolute Gasteiger partial charge is 0.412 e. The number of aromatic nitrogens is 2. The van der Waals surface area contributed by atoms with Gasteiger partial charge in [-0.1, -0.05) is 23.7 Å². The van der Waals surface area contributed by atoms with Crippen LogP contribution < -0.4 is 25.0 Å². The fourth-order valence-corrected chi connectivity index (χ4v) is 5.15. The molecular weight excluding hydrogens is 613 g/mol. The van der Waals surface area contributed by atoms with Crippen LogP contribution in [-0.4, -0.2) is 54.4 Å². The van der Waals surface area contributed by atoms with Gasteiger partial charge in [-0.25, -0.2) is 9.78 Å². The van der Waals surface area contributed by atoms with E-state index in [4.69, 9.17) is 30.8 Å². The fraction of sp³-hybridized carbons (Fsp3) is 0.355. The number of benzene rings is 2. The molecular formula is C31H38Cl3N5O4. The molecule has 1 saturated heterocycles. The van der Waals surface area contributed by atoms with Gasteiger partial charge in [-0.3, -0.25) is 5.32 Å². The SMILES string of the molecule is COc1cc(OC)c(-c2cn3ccc(N4CC[C@H](NCc5ccc(NC(=O)OC(C)(C)C)cc5)C4)cc3n2)cc1Cl.Cl.Cl. The summed E-state index contributed by atoms with van der Waals surface area (Å²) in [6.45, 7) is 8.15. The van der Waals surface area contributed by atoms with Crippen LogP contribution in [0.2, 0.25) is 5.02 Å². The van der Waals surface area contributed by atoms with E-state index in [0.29, 0.717) is 28.3 Å². The first-order chi connectivity index (χ1) is 19.6. The van der Waals surface area contributed by atoms with Crippen molar-refractivity contribution in [2.75, 3.05) is 37.5 Å². The number of amides is 1. The van der Waals surface area contributed by atoms with E-state index in [1.165, 1.54) is 0 Å². The zero-order chi connectivity index (χ0) is 29.1. The standard InChI is InChI=1S/C31H36ClN5O4.2ClH/c1-31(2,3)41-30(38)34-21-8-6-20(7-9-21)17-33-22-10-12-36(18-22)23-11-13-37-19-26(35-29(37)14-23)24-15-25(32)28(40-5)16-27(24)39-4;;/h6-9,11,13-16,19,22,33H,10,12,17-18H2,1-5H3,(H,34,38);2*1H/t22-;;/m0../s1. The van der Waals surface area contributed by atoms with E-state index in [9.17, 15) is 4.79 Å². The molecule has 12 heteroatoms. The molecule has 4 aromatic rings. The fourth-order valence-electron chi connectivity index (χ4n) is 4.91. The van der Waals surface area contributed by atoms with Crippen LogP contribution in [0.25, 0.3) is 16.9 Å². The number of fused-ring (bicyclic) bond motifs is 1. The highest BCUT2D eigenvalue weighted by atomic mass is 35.5. The Balaban J connectivity index is 0.00000253. The highest BCUT2D eigenvalue weighted by Gasteiger charge is 2.23. The number of anilines is 2. The highest BCUT2D eigenvalue weighted by Crippen LogP contribution is 2.38. The Kier molecular flexibility index (Phi) is 11.4. The second-order valence-corrected chi connectivity index (χ2v) is 11.5. The summed E-state index contributed by atoms with van der Waals surface area (Å²) < 4.78 is 18.2. The highest BCUT2D eigenvalue weighted by molar-refractivity contribution is 6.32. The van der Waals surface area contributed by atoms with E-state index < -0.39 is 11.7 Å². The summed E-state index contributed by atoms with van der Waals surface area (Å²) in [4.78, 5) is 19.2. The van der Waals surface area contributed by atoms with Crippen LogP contribution in [0.15, 0.2) is 60.9 Å². The lowest BCUT2D eigenvalue weighted by Crippen LogP contribution is -2.32. The number of methoxy groups -OCH3 is 2. The number of hydrogen-bond acceptors (Lipinski definition) is 7. The monoisotopic (exact) mass is 649 g/mol. The largest absolute Gasteiger partial charge is 0.496 e. The lowest BCUT2D eigenvalue weighted by Gasteiger charge is -2.20. The van der Waals surface area contributed by atoms with Crippen molar-refractivity contribution < 1.29 is 19.0 Å². The molecule has 232 valence electrons. The molecule has 9 nitrogen and oxygen atoms in total. The van der Waals surface area contributed by atoms with Gasteiger partial charge in [-0.15, -0.1) is 24.8 Å². The van der Waals surface area contributed by atoms with Crippen LogP contribution in [0.5, 0.6) is 11.5 Å². The quantitative estimate of drug-likeness (QED) is 0.208. The van der Waals surface area contributed by atoms with Crippen molar-refractivity contribution in [3.8, 4) is 22.8 Å². The Labute approximate surface area is 269 Å². The first kappa shape index (κ1) is 34.1. The van der Waals surface area contributed by atoms with E-state index in [1.807, 2.05) is 67.9 Å². The molecule has 2 N–H and O–H groups in total. The van der Waals surface area contributed by atoms with Crippen molar-refractivity contribution in [2.24, 2.45) is 0 Å². The average Bonchev–Trinajstić information content (AvgIpc) is 3.58. The van der Waals surface area contributed by atoms with Crippen LogP contribution in [-0.2, 0) is 11.3 Å². The van der Waals surface area contributed by atoms with Crippen molar-refractivity contribution in [1.82, 2.24) is 14.7 Å². The van der Waals surface area contributed by atoms with E-state index >= 15 is 0 Å². The van der Waals surface area contributed by atoms with Crippen LogP contribution in [0, 0.1) is 0 Å². The third-order valence-corrected chi connectivity index (χ3v) is 7.24. The molecule has 0 aliphatic carbocycles. The second-order valence-electron chi connectivity index (χ2n) is 11.1. The van der Waals surface area contributed by atoms with Gasteiger partial charge in [0.15, 0.2) is 0 Å². The van der Waals surface area contributed by atoms with Gasteiger partial charge in [0.2, 0.25) is 0 Å². The van der Waals surface area contributed by atoms with E-state index in [0.717, 1.165) is 54.2 Å². The first-order valence-electron chi connectivity index (χ1n) is 13.6. The third-order valence-electron chi connectivity index (χ3n) is 6.94. The molecule has 0 spiro atoms. The van der Waals surface area contributed by atoms with Gasteiger partial charge in [0.05, 0.1) is 24.9 Å². The molecule has 1 amide bonds. The topological polar surface area (TPSA) is 89.4 Å². The first-order valence-corrected chi connectivity index (χ1v) is 14.0. The number of nitrogens with zero attached hydrogens (tertiary/aromatic N) is 3. The van der Waals surface area contributed by atoms with Gasteiger partial charge in [0.25, 0.3) is 0 Å². The third kappa shape index (κ3) is 8.38. The summed E-state index contributed by atoms with van der Waals surface area (Å²) in [5.74, 6) is 1.21. The van der Waals surface area contributed by atoms with Gasteiger partial charge in [-0.2, -0.15) is 0 Å². The molecule has 1 fully saturated rings. The Hall–Kier alpha value is -3.37. The summed E-state index contributed by atoms with van der Waals surface area (Å²) in [5, 5.41) is 6.94. The van der Waals surface area contributed by atoms with E-state index in [-0.39, 0.29) is 24.8 Å². The number of pyridine rings is 1. The number of rotatable bonds is 8. The number of hydrogen-bond donors (Lipinski definition) is 2. The molecule has 2 aromatic carbocycles. The van der Waals surface area contributed by atoms with E-state index in [1.54, 1.807) is 20.3 Å². The number of carbonyl (C=O) groups excluding carboxylic acids is 1. The molecule has 3 heterocycles. The molecule has 0 saturated carbocycles. The summed E-state index contributed by atoms with van der Waals surface area (Å²) in [5.41, 5.74) is 4.90. The number of carbonyl (C=O) groups is 1. The molecule has 1 atom stereocenters. The lowest BCUT2D eigenvalue weighted by molar-refractivity contribution is 0.0636. The Morgan fingerprint density at radius 2 is 1.77 bits per heavy atom. The zero-order valence-corrected chi connectivity index (χ0v) is 27.2. The predicted molar refractivity (Wildman–Crippen MR) is 177 cm³/mol. The molecule has 0 radical (unpaired) electrons. The molecule has 1 aliphatic rings. The maximum Gasteiger partial charge on any atom is 0.412 e. The Bertz CT molecular complexity index is 1540. The molecule has 2 aromatic heterocycles. The van der Waals surface area contributed by atoms with Crippen molar-refractivity contribution in [3.05, 3.63) is 71.5 Å². The van der Waals surface area contributed by atoms with Crippen LogP contribution >= 0.6 is 36.4 Å².